The van der Waals surface area contributed by atoms with E-state index in [4.69, 9.17) is 0 Å². The summed E-state index contributed by atoms with van der Waals surface area (Å²) in [6, 6.07) is 4.19. The van der Waals surface area contributed by atoms with Crippen molar-refractivity contribution in [3.63, 3.8) is 0 Å². The van der Waals surface area contributed by atoms with Gasteiger partial charge in [0.1, 0.15) is 0 Å². The normalized spacial score (nSPS) is 29.0. The number of aliphatic hydroxyl groups excluding tert-OH is 1. The van der Waals surface area contributed by atoms with Crippen molar-refractivity contribution in [3.05, 3.63) is 41.2 Å². The lowest BCUT2D eigenvalue weighted by Crippen LogP contribution is -1.98. The Labute approximate surface area is 89.7 Å². The van der Waals surface area contributed by atoms with Crippen molar-refractivity contribution in [1.29, 1.82) is 0 Å². The molecular formula is C13H15NO. The fraction of sp³-hybridized carbons (Fsp3) is 0.462. The van der Waals surface area contributed by atoms with E-state index in [0.29, 0.717) is 5.92 Å². The second-order valence-corrected chi connectivity index (χ2v) is 4.49. The fourth-order valence-electron chi connectivity index (χ4n) is 2.79. The predicted molar refractivity (Wildman–Crippen MR) is 58.6 cm³/mol. The maximum atomic E-state index is 9.51. The van der Waals surface area contributed by atoms with Crippen LogP contribution in [0.15, 0.2) is 30.0 Å². The van der Waals surface area contributed by atoms with Gasteiger partial charge in [-0.1, -0.05) is 17.7 Å². The maximum absolute atomic E-state index is 9.51. The van der Waals surface area contributed by atoms with Gasteiger partial charge in [0.2, 0.25) is 0 Å². The molecule has 2 aliphatic rings. The van der Waals surface area contributed by atoms with E-state index in [2.05, 4.69) is 11.1 Å². The molecule has 2 aliphatic carbocycles. The molecule has 1 aromatic rings. The lowest BCUT2D eigenvalue weighted by molar-refractivity contribution is 0.223. The summed E-state index contributed by atoms with van der Waals surface area (Å²) in [7, 11) is 0. The number of hydrogen-bond acceptors (Lipinski definition) is 2. The van der Waals surface area contributed by atoms with Gasteiger partial charge in [0.25, 0.3) is 0 Å². The molecule has 1 heterocycles. The molecule has 3 rings (SSSR count). The van der Waals surface area contributed by atoms with Gasteiger partial charge in [-0.3, -0.25) is 4.98 Å². The minimum absolute atomic E-state index is 0.215. The van der Waals surface area contributed by atoms with E-state index >= 15 is 0 Å². The number of nitrogens with zero attached hydrogens (tertiary/aromatic N) is 1. The summed E-state index contributed by atoms with van der Waals surface area (Å²) >= 11 is 0. The Balaban J connectivity index is 1.94. The average molecular weight is 201 g/mol. The van der Waals surface area contributed by atoms with E-state index in [0.717, 1.165) is 19.3 Å². The van der Waals surface area contributed by atoms with Crippen molar-refractivity contribution in [1.82, 2.24) is 4.98 Å². The largest absolute Gasteiger partial charge is 0.389 e. The number of rotatable bonds is 1. The molecule has 0 radical (unpaired) electrons. The van der Waals surface area contributed by atoms with Crippen molar-refractivity contribution in [2.24, 2.45) is 0 Å². The van der Waals surface area contributed by atoms with Crippen LogP contribution < -0.4 is 0 Å². The molecule has 0 saturated carbocycles. The van der Waals surface area contributed by atoms with Gasteiger partial charge in [0.15, 0.2) is 0 Å². The molecule has 2 unspecified atom stereocenters. The third-order valence-corrected chi connectivity index (χ3v) is 3.54. The first-order valence-electron chi connectivity index (χ1n) is 5.67. The minimum Gasteiger partial charge on any atom is -0.389 e. The highest BCUT2D eigenvalue weighted by Gasteiger charge is 2.29. The Kier molecular flexibility index (Phi) is 2.10. The molecule has 0 saturated heterocycles. The first-order chi connectivity index (χ1) is 7.34. The average Bonchev–Trinajstić information content (AvgIpc) is 2.83. The Morgan fingerprint density at radius 3 is 3.00 bits per heavy atom. The van der Waals surface area contributed by atoms with E-state index in [-0.39, 0.29) is 6.10 Å². The number of hydrogen-bond donors (Lipinski definition) is 1. The summed E-state index contributed by atoms with van der Waals surface area (Å²) in [6.07, 6.45) is 7.95. The van der Waals surface area contributed by atoms with Crippen LogP contribution >= 0.6 is 0 Å². The van der Waals surface area contributed by atoms with Crippen LogP contribution in [0.2, 0.25) is 0 Å². The lowest BCUT2D eigenvalue weighted by atomic mass is 9.96. The molecule has 15 heavy (non-hydrogen) atoms. The Morgan fingerprint density at radius 1 is 1.27 bits per heavy atom. The van der Waals surface area contributed by atoms with Crippen LogP contribution in [0.4, 0.5) is 0 Å². The number of fused-ring (bicyclic) bond motifs is 1. The van der Waals surface area contributed by atoms with Crippen molar-refractivity contribution >= 4 is 0 Å². The third-order valence-electron chi connectivity index (χ3n) is 3.54. The van der Waals surface area contributed by atoms with Crippen LogP contribution in [0.25, 0.3) is 0 Å². The van der Waals surface area contributed by atoms with Crippen LogP contribution in [0.5, 0.6) is 0 Å². The third kappa shape index (κ3) is 1.49. The molecule has 0 aliphatic heterocycles. The van der Waals surface area contributed by atoms with Gasteiger partial charge in [-0.15, -0.1) is 0 Å². The second-order valence-electron chi connectivity index (χ2n) is 4.49. The molecule has 0 fully saturated rings. The summed E-state index contributed by atoms with van der Waals surface area (Å²) in [5, 5.41) is 9.51. The van der Waals surface area contributed by atoms with Gasteiger partial charge in [-0.05, 0) is 37.3 Å². The van der Waals surface area contributed by atoms with E-state index < -0.39 is 0 Å². The maximum Gasteiger partial charge on any atom is 0.0726 e. The number of aromatic nitrogens is 1. The number of allylic oxidation sites excluding steroid dienone is 1. The molecule has 1 N–H and O–H groups in total. The van der Waals surface area contributed by atoms with Crippen LogP contribution in [-0.2, 0) is 6.42 Å². The number of pyridine rings is 1. The molecule has 0 amide bonds. The Hall–Kier alpha value is -1.15. The van der Waals surface area contributed by atoms with Gasteiger partial charge in [0, 0.05) is 12.1 Å². The summed E-state index contributed by atoms with van der Waals surface area (Å²) in [5.41, 5.74) is 4.04. The smallest absolute Gasteiger partial charge is 0.0726 e. The van der Waals surface area contributed by atoms with Gasteiger partial charge in [0.05, 0.1) is 11.8 Å². The molecule has 2 nitrogen and oxygen atoms in total. The zero-order chi connectivity index (χ0) is 10.3. The summed E-state index contributed by atoms with van der Waals surface area (Å²) in [5.74, 6) is 0.485. The van der Waals surface area contributed by atoms with E-state index in [9.17, 15) is 5.11 Å². The number of aliphatic hydroxyl groups is 1. The molecule has 1 aromatic heterocycles. The van der Waals surface area contributed by atoms with Gasteiger partial charge in [-0.2, -0.15) is 0 Å². The molecule has 2 atom stereocenters. The zero-order valence-corrected chi connectivity index (χ0v) is 8.69. The van der Waals surface area contributed by atoms with E-state index in [1.165, 1.54) is 23.3 Å². The SMILES string of the molecule is OC1C=C(C2CCc3cccnc32)CC1. The minimum atomic E-state index is -0.215. The van der Waals surface area contributed by atoms with E-state index in [1.54, 1.807) is 0 Å². The highest BCUT2D eigenvalue weighted by atomic mass is 16.3. The molecule has 2 heteroatoms. The molecule has 0 spiro atoms. The fourth-order valence-corrected chi connectivity index (χ4v) is 2.79. The monoisotopic (exact) mass is 201 g/mol. The van der Waals surface area contributed by atoms with E-state index in [1.807, 2.05) is 18.3 Å². The zero-order valence-electron chi connectivity index (χ0n) is 8.69. The van der Waals surface area contributed by atoms with Crippen molar-refractivity contribution in [3.8, 4) is 0 Å². The summed E-state index contributed by atoms with van der Waals surface area (Å²) < 4.78 is 0. The molecule has 0 aromatic carbocycles. The van der Waals surface area contributed by atoms with Gasteiger partial charge in [-0.25, -0.2) is 0 Å². The lowest BCUT2D eigenvalue weighted by Gasteiger charge is -2.11. The highest BCUT2D eigenvalue weighted by Crippen LogP contribution is 2.40. The van der Waals surface area contributed by atoms with Crippen molar-refractivity contribution in [2.45, 2.75) is 37.7 Å². The van der Waals surface area contributed by atoms with Crippen LogP contribution in [-0.4, -0.2) is 16.2 Å². The summed E-state index contributed by atoms with van der Waals surface area (Å²) in [4.78, 5) is 4.49. The summed E-state index contributed by atoms with van der Waals surface area (Å²) in [6.45, 7) is 0. The van der Waals surface area contributed by atoms with Crippen LogP contribution in [0.3, 0.4) is 0 Å². The topological polar surface area (TPSA) is 33.1 Å². The first kappa shape index (κ1) is 9.10. The number of aryl methyl sites for hydroxylation is 1. The predicted octanol–water partition coefficient (Wildman–Crippen LogP) is 2.19. The van der Waals surface area contributed by atoms with Crippen molar-refractivity contribution < 1.29 is 5.11 Å². The Bertz CT molecular complexity index is 411. The molecule has 0 bridgehead atoms. The van der Waals surface area contributed by atoms with Crippen LogP contribution in [0, 0.1) is 0 Å². The quantitative estimate of drug-likeness (QED) is 0.706. The van der Waals surface area contributed by atoms with Gasteiger partial charge < -0.3 is 5.11 Å². The molecular weight excluding hydrogens is 186 g/mol. The standard InChI is InChI=1S/C13H15NO/c15-11-5-3-10(8-11)12-6-4-9-2-1-7-14-13(9)12/h1-2,7-8,11-12,15H,3-6H2. The van der Waals surface area contributed by atoms with Crippen molar-refractivity contribution in [2.75, 3.05) is 0 Å². The Morgan fingerprint density at radius 2 is 2.20 bits per heavy atom. The van der Waals surface area contributed by atoms with Crippen LogP contribution in [0.1, 0.15) is 36.4 Å². The van der Waals surface area contributed by atoms with Gasteiger partial charge >= 0.3 is 0 Å². The molecule has 78 valence electrons. The first-order valence-corrected chi connectivity index (χ1v) is 5.67. The second kappa shape index (κ2) is 3.46. The highest BCUT2D eigenvalue weighted by molar-refractivity contribution is 5.37.